The molecule has 0 saturated carbocycles. The number of carbonyl (C=O) groups excluding carboxylic acids is 1. The second-order valence-corrected chi connectivity index (χ2v) is 5.96. The van der Waals surface area contributed by atoms with E-state index in [-0.39, 0.29) is 17.8 Å². The molecule has 0 unspecified atom stereocenters. The van der Waals surface area contributed by atoms with Gasteiger partial charge in [0.2, 0.25) is 0 Å². The number of benzene rings is 2. The molecule has 1 heterocycles. The summed E-state index contributed by atoms with van der Waals surface area (Å²) >= 11 is 1.50. The highest BCUT2D eigenvalue weighted by atomic mass is 32.1. The summed E-state index contributed by atoms with van der Waals surface area (Å²) in [4.78, 5) is 13.3. The van der Waals surface area contributed by atoms with E-state index in [9.17, 15) is 13.6 Å². The van der Waals surface area contributed by atoms with E-state index in [4.69, 9.17) is 0 Å². The van der Waals surface area contributed by atoms with E-state index >= 15 is 0 Å². The maximum absolute atomic E-state index is 13.1. The van der Waals surface area contributed by atoms with Gasteiger partial charge in [0.25, 0.3) is 5.91 Å². The summed E-state index contributed by atoms with van der Waals surface area (Å²) in [6.45, 7) is 0. The fourth-order valence-electron chi connectivity index (χ4n) is 2.25. The Morgan fingerprint density at radius 1 is 0.913 bits per heavy atom. The molecule has 3 aromatic rings. The standard InChI is InChI=1S/C18H13F2NOS/c19-14-7-3-12(4-8-14)17(16-2-1-11-23-16)21-18(22)13-5-9-15(20)10-6-13/h1-11,17H,(H,21,22)/t17-/m0/s1. The predicted octanol–water partition coefficient (Wildman–Crippen LogP) is 4.55. The van der Waals surface area contributed by atoms with Crippen molar-refractivity contribution < 1.29 is 13.6 Å². The molecule has 23 heavy (non-hydrogen) atoms. The van der Waals surface area contributed by atoms with E-state index in [0.717, 1.165) is 10.4 Å². The van der Waals surface area contributed by atoms with Crippen LogP contribution < -0.4 is 5.32 Å². The molecule has 1 atom stereocenters. The molecule has 1 amide bonds. The molecule has 0 bridgehead atoms. The first-order valence-corrected chi connectivity index (χ1v) is 7.87. The minimum Gasteiger partial charge on any atom is -0.340 e. The van der Waals surface area contributed by atoms with Crippen LogP contribution >= 0.6 is 11.3 Å². The molecule has 0 aliphatic carbocycles. The third-order valence-electron chi connectivity index (χ3n) is 3.41. The average Bonchev–Trinajstić information content (AvgIpc) is 3.08. The number of halogens is 2. The molecule has 1 aromatic heterocycles. The lowest BCUT2D eigenvalue weighted by atomic mass is 10.0. The minimum atomic E-state index is -0.394. The summed E-state index contributed by atoms with van der Waals surface area (Å²) in [5.74, 6) is -1.04. The van der Waals surface area contributed by atoms with Gasteiger partial charge in [0.15, 0.2) is 0 Å². The normalized spacial score (nSPS) is 11.9. The highest BCUT2D eigenvalue weighted by Crippen LogP contribution is 2.26. The Labute approximate surface area is 136 Å². The monoisotopic (exact) mass is 329 g/mol. The number of carbonyl (C=O) groups is 1. The minimum absolute atomic E-state index is 0.312. The van der Waals surface area contributed by atoms with Crippen LogP contribution in [-0.2, 0) is 0 Å². The Morgan fingerprint density at radius 3 is 2.09 bits per heavy atom. The Morgan fingerprint density at radius 2 is 1.52 bits per heavy atom. The van der Waals surface area contributed by atoms with Crippen LogP contribution in [0.3, 0.4) is 0 Å². The van der Waals surface area contributed by atoms with Crippen LogP contribution in [0.25, 0.3) is 0 Å². The van der Waals surface area contributed by atoms with Crippen molar-refractivity contribution in [3.8, 4) is 0 Å². The van der Waals surface area contributed by atoms with E-state index in [0.29, 0.717) is 5.56 Å². The van der Waals surface area contributed by atoms with E-state index in [1.165, 1.54) is 47.7 Å². The van der Waals surface area contributed by atoms with Crippen molar-refractivity contribution in [2.75, 3.05) is 0 Å². The Bertz CT molecular complexity index is 783. The second-order valence-electron chi connectivity index (χ2n) is 4.98. The Hall–Kier alpha value is -2.53. The van der Waals surface area contributed by atoms with E-state index in [1.54, 1.807) is 12.1 Å². The zero-order valence-electron chi connectivity index (χ0n) is 12.0. The fourth-order valence-corrected chi connectivity index (χ4v) is 3.05. The largest absolute Gasteiger partial charge is 0.340 e. The van der Waals surface area contributed by atoms with Gasteiger partial charge < -0.3 is 5.32 Å². The van der Waals surface area contributed by atoms with Gasteiger partial charge in [0.05, 0.1) is 6.04 Å². The zero-order chi connectivity index (χ0) is 16.2. The molecule has 0 aliphatic rings. The number of nitrogens with one attached hydrogen (secondary N) is 1. The van der Waals surface area contributed by atoms with Gasteiger partial charge in [-0.3, -0.25) is 4.79 Å². The van der Waals surface area contributed by atoms with Crippen LogP contribution in [0.15, 0.2) is 66.0 Å². The van der Waals surface area contributed by atoms with Crippen molar-refractivity contribution in [1.82, 2.24) is 5.32 Å². The lowest BCUT2D eigenvalue weighted by Crippen LogP contribution is -2.28. The van der Waals surface area contributed by atoms with E-state index in [1.807, 2.05) is 17.5 Å². The topological polar surface area (TPSA) is 29.1 Å². The molecule has 2 aromatic carbocycles. The molecule has 3 rings (SSSR count). The molecule has 5 heteroatoms. The molecule has 0 radical (unpaired) electrons. The number of hydrogen-bond donors (Lipinski definition) is 1. The van der Waals surface area contributed by atoms with Crippen molar-refractivity contribution in [2.45, 2.75) is 6.04 Å². The quantitative estimate of drug-likeness (QED) is 0.748. The molecule has 0 aliphatic heterocycles. The number of amides is 1. The summed E-state index contributed by atoms with van der Waals surface area (Å²) < 4.78 is 26.1. The number of rotatable bonds is 4. The van der Waals surface area contributed by atoms with Gasteiger partial charge in [-0.1, -0.05) is 18.2 Å². The van der Waals surface area contributed by atoms with Crippen molar-refractivity contribution in [3.63, 3.8) is 0 Å². The number of hydrogen-bond acceptors (Lipinski definition) is 2. The lowest BCUT2D eigenvalue weighted by molar-refractivity contribution is 0.0943. The second kappa shape index (κ2) is 6.71. The third kappa shape index (κ3) is 3.63. The van der Waals surface area contributed by atoms with Gasteiger partial charge >= 0.3 is 0 Å². The maximum atomic E-state index is 13.1. The van der Waals surface area contributed by atoms with Gasteiger partial charge in [-0.25, -0.2) is 8.78 Å². The molecule has 116 valence electrons. The molecule has 1 N–H and O–H groups in total. The first-order valence-electron chi connectivity index (χ1n) is 6.99. The Balaban J connectivity index is 1.88. The van der Waals surface area contributed by atoms with Gasteiger partial charge in [0.1, 0.15) is 11.6 Å². The molecular formula is C18H13F2NOS. The van der Waals surface area contributed by atoms with Crippen LogP contribution in [0.5, 0.6) is 0 Å². The summed E-state index contributed by atoms with van der Waals surface area (Å²) in [5.41, 5.74) is 1.15. The van der Waals surface area contributed by atoms with Gasteiger partial charge in [-0.2, -0.15) is 0 Å². The first kappa shape index (κ1) is 15.4. The summed E-state index contributed by atoms with van der Waals surface area (Å²) in [6, 6.07) is 14.8. The smallest absolute Gasteiger partial charge is 0.252 e. The van der Waals surface area contributed by atoms with Crippen LogP contribution in [-0.4, -0.2) is 5.91 Å². The summed E-state index contributed by atoms with van der Waals surface area (Å²) in [6.07, 6.45) is 0. The van der Waals surface area contributed by atoms with Crippen molar-refractivity contribution in [2.24, 2.45) is 0 Å². The van der Waals surface area contributed by atoms with Crippen LogP contribution in [0, 0.1) is 11.6 Å². The van der Waals surface area contributed by atoms with Crippen LogP contribution in [0.4, 0.5) is 8.78 Å². The van der Waals surface area contributed by atoms with Gasteiger partial charge in [-0.15, -0.1) is 11.3 Å². The summed E-state index contributed by atoms with van der Waals surface area (Å²) in [7, 11) is 0. The molecule has 0 fully saturated rings. The maximum Gasteiger partial charge on any atom is 0.252 e. The van der Waals surface area contributed by atoms with Gasteiger partial charge in [0, 0.05) is 10.4 Å². The average molecular weight is 329 g/mol. The first-order chi connectivity index (χ1) is 11.1. The molecule has 2 nitrogen and oxygen atoms in total. The summed E-state index contributed by atoms with van der Waals surface area (Å²) in [5, 5.41) is 4.83. The van der Waals surface area contributed by atoms with Crippen LogP contribution in [0.2, 0.25) is 0 Å². The van der Waals surface area contributed by atoms with E-state index < -0.39 is 5.82 Å². The van der Waals surface area contributed by atoms with Crippen molar-refractivity contribution in [1.29, 1.82) is 0 Å². The predicted molar refractivity (Wildman–Crippen MR) is 86.4 cm³/mol. The van der Waals surface area contributed by atoms with Gasteiger partial charge in [-0.05, 0) is 53.4 Å². The third-order valence-corrected chi connectivity index (χ3v) is 4.35. The number of thiophene rings is 1. The zero-order valence-corrected chi connectivity index (χ0v) is 12.8. The van der Waals surface area contributed by atoms with Crippen LogP contribution in [0.1, 0.15) is 26.8 Å². The lowest BCUT2D eigenvalue weighted by Gasteiger charge is -2.18. The SMILES string of the molecule is O=C(N[C@@H](c1ccc(F)cc1)c1cccs1)c1ccc(F)cc1. The fraction of sp³-hybridized carbons (Fsp3) is 0.0556. The molecule has 0 spiro atoms. The highest BCUT2D eigenvalue weighted by molar-refractivity contribution is 7.10. The highest BCUT2D eigenvalue weighted by Gasteiger charge is 2.18. The molecule has 0 saturated heterocycles. The van der Waals surface area contributed by atoms with Crippen molar-refractivity contribution in [3.05, 3.63) is 93.7 Å². The Kier molecular flexibility index (Phi) is 4.48. The van der Waals surface area contributed by atoms with Crippen molar-refractivity contribution >= 4 is 17.2 Å². The molecular weight excluding hydrogens is 316 g/mol. The van der Waals surface area contributed by atoms with E-state index in [2.05, 4.69) is 5.32 Å².